The van der Waals surface area contributed by atoms with Gasteiger partial charge in [-0.3, -0.25) is 9.79 Å². The molecule has 0 aliphatic carbocycles. The molecule has 3 N–H and O–H groups in total. The highest BCUT2D eigenvalue weighted by atomic mass is 35.5. The van der Waals surface area contributed by atoms with Crippen molar-refractivity contribution in [2.75, 3.05) is 13.1 Å². The van der Waals surface area contributed by atoms with Crippen molar-refractivity contribution in [2.24, 2.45) is 16.6 Å². The SMILES string of the molecule is CCCCn1c(-c2ccc(Cl)c(Cl)c2)nc2cc(C(=O)NCCC(N)=NCCC(C)C)ccc21. The first-order valence-electron chi connectivity index (χ1n) is 11.8. The highest BCUT2D eigenvalue weighted by molar-refractivity contribution is 6.42. The predicted molar refractivity (Wildman–Crippen MR) is 143 cm³/mol. The van der Waals surface area contributed by atoms with Crippen LogP contribution < -0.4 is 11.1 Å². The molecule has 3 rings (SSSR count). The van der Waals surface area contributed by atoms with Gasteiger partial charge >= 0.3 is 0 Å². The monoisotopic (exact) mass is 501 g/mol. The third kappa shape index (κ3) is 6.73. The van der Waals surface area contributed by atoms with Crippen LogP contribution in [0.5, 0.6) is 0 Å². The highest BCUT2D eigenvalue weighted by Crippen LogP contribution is 2.31. The fourth-order valence-electron chi connectivity index (χ4n) is 3.62. The lowest BCUT2D eigenvalue weighted by Gasteiger charge is -2.10. The summed E-state index contributed by atoms with van der Waals surface area (Å²) in [7, 11) is 0. The minimum atomic E-state index is -0.156. The van der Waals surface area contributed by atoms with Crippen molar-refractivity contribution in [1.82, 2.24) is 14.9 Å². The average Bonchev–Trinajstić information content (AvgIpc) is 3.16. The van der Waals surface area contributed by atoms with Gasteiger partial charge in [0.15, 0.2) is 0 Å². The molecule has 182 valence electrons. The fraction of sp³-hybridized carbons (Fsp3) is 0.423. The van der Waals surface area contributed by atoms with Crippen molar-refractivity contribution in [3.05, 3.63) is 52.0 Å². The number of halogens is 2. The van der Waals surface area contributed by atoms with E-state index >= 15 is 0 Å². The van der Waals surface area contributed by atoms with E-state index in [4.69, 9.17) is 33.9 Å². The third-order valence-electron chi connectivity index (χ3n) is 5.61. The Labute approximate surface area is 211 Å². The van der Waals surface area contributed by atoms with Crippen LogP contribution in [-0.4, -0.2) is 34.4 Å². The van der Waals surface area contributed by atoms with Crippen molar-refractivity contribution in [3.8, 4) is 11.4 Å². The van der Waals surface area contributed by atoms with Crippen LogP contribution in [0.2, 0.25) is 10.0 Å². The lowest BCUT2D eigenvalue weighted by molar-refractivity contribution is 0.0955. The molecule has 34 heavy (non-hydrogen) atoms. The topological polar surface area (TPSA) is 85.3 Å². The smallest absolute Gasteiger partial charge is 0.251 e. The number of carbonyl (C=O) groups excluding carboxylic acids is 1. The molecule has 0 bridgehead atoms. The minimum absolute atomic E-state index is 0.156. The summed E-state index contributed by atoms with van der Waals surface area (Å²) in [6.07, 6.45) is 3.61. The second-order valence-corrected chi connectivity index (χ2v) is 9.65. The molecule has 0 fully saturated rings. The van der Waals surface area contributed by atoms with Gasteiger partial charge in [0.25, 0.3) is 5.91 Å². The van der Waals surface area contributed by atoms with Crippen LogP contribution in [0.1, 0.15) is 56.8 Å². The molecule has 6 nitrogen and oxygen atoms in total. The van der Waals surface area contributed by atoms with Crippen LogP contribution >= 0.6 is 23.2 Å². The number of aryl methyl sites for hydroxylation is 1. The van der Waals surface area contributed by atoms with E-state index in [0.717, 1.165) is 54.8 Å². The Kier molecular flexibility index (Phi) is 9.36. The number of nitrogens with one attached hydrogen (secondary N) is 1. The van der Waals surface area contributed by atoms with Crippen LogP contribution in [0.3, 0.4) is 0 Å². The van der Waals surface area contributed by atoms with Gasteiger partial charge in [-0.1, -0.05) is 50.4 Å². The van der Waals surface area contributed by atoms with Gasteiger partial charge in [-0.15, -0.1) is 0 Å². The number of unbranched alkanes of at least 4 members (excludes halogenated alkanes) is 1. The summed E-state index contributed by atoms with van der Waals surface area (Å²) in [5.41, 5.74) is 9.15. The van der Waals surface area contributed by atoms with E-state index in [1.165, 1.54) is 0 Å². The number of aromatic nitrogens is 2. The van der Waals surface area contributed by atoms with Crippen molar-refractivity contribution < 1.29 is 4.79 Å². The molecule has 2 aromatic carbocycles. The molecular weight excluding hydrogens is 469 g/mol. The second kappa shape index (κ2) is 12.2. The van der Waals surface area contributed by atoms with Crippen molar-refractivity contribution >= 4 is 46.0 Å². The molecule has 0 saturated carbocycles. The lowest BCUT2D eigenvalue weighted by Crippen LogP contribution is -2.28. The van der Waals surface area contributed by atoms with Gasteiger partial charge < -0.3 is 15.6 Å². The van der Waals surface area contributed by atoms with E-state index in [9.17, 15) is 4.79 Å². The average molecular weight is 502 g/mol. The minimum Gasteiger partial charge on any atom is -0.387 e. The Morgan fingerprint density at radius 2 is 1.97 bits per heavy atom. The Hall–Kier alpha value is -2.57. The van der Waals surface area contributed by atoms with E-state index in [1.54, 1.807) is 6.07 Å². The Balaban J connectivity index is 1.77. The number of aliphatic imine (C=N–C) groups is 1. The number of fused-ring (bicyclic) bond motifs is 1. The van der Waals surface area contributed by atoms with Gasteiger partial charge in [-0.25, -0.2) is 4.98 Å². The number of nitrogens with two attached hydrogens (primary N) is 1. The maximum atomic E-state index is 12.7. The molecular formula is C26H33Cl2N5O. The summed E-state index contributed by atoms with van der Waals surface area (Å²) < 4.78 is 2.18. The Bertz CT molecular complexity index is 1170. The molecule has 0 aliphatic rings. The first kappa shape index (κ1) is 26.0. The standard InChI is InChI=1S/C26H33Cl2N5O/c1-4-5-14-33-23-9-7-19(26(34)31-13-11-24(29)30-12-10-17(2)3)16-22(23)32-25(33)18-6-8-20(27)21(28)15-18/h6-9,15-17H,4-5,10-14H2,1-3H3,(H2,29,30)(H,31,34). The Morgan fingerprint density at radius 3 is 2.68 bits per heavy atom. The van der Waals surface area contributed by atoms with Gasteiger partial charge in [0.2, 0.25) is 0 Å². The molecule has 3 aromatic rings. The second-order valence-electron chi connectivity index (χ2n) is 8.83. The maximum Gasteiger partial charge on any atom is 0.251 e. The van der Waals surface area contributed by atoms with Crippen molar-refractivity contribution in [3.63, 3.8) is 0 Å². The van der Waals surface area contributed by atoms with Crippen LogP contribution in [0.25, 0.3) is 22.4 Å². The largest absolute Gasteiger partial charge is 0.387 e. The molecule has 1 heterocycles. The summed E-state index contributed by atoms with van der Waals surface area (Å²) in [6, 6.07) is 11.1. The molecule has 0 spiro atoms. The number of hydrogen-bond acceptors (Lipinski definition) is 3. The molecule has 0 unspecified atom stereocenters. The zero-order valence-electron chi connectivity index (χ0n) is 20.1. The molecule has 0 atom stereocenters. The number of benzene rings is 2. The maximum absolute atomic E-state index is 12.7. The predicted octanol–water partition coefficient (Wildman–Crippen LogP) is 6.33. The molecule has 0 aliphatic heterocycles. The molecule has 1 aromatic heterocycles. The molecule has 1 amide bonds. The molecule has 0 saturated heterocycles. The highest BCUT2D eigenvalue weighted by Gasteiger charge is 2.16. The summed E-state index contributed by atoms with van der Waals surface area (Å²) in [6.45, 7) is 8.45. The van der Waals surface area contributed by atoms with Crippen LogP contribution in [0.4, 0.5) is 0 Å². The van der Waals surface area contributed by atoms with E-state index in [-0.39, 0.29) is 5.91 Å². The zero-order valence-corrected chi connectivity index (χ0v) is 21.6. The molecule has 8 heteroatoms. The number of amidine groups is 1. The first-order valence-corrected chi connectivity index (χ1v) is 12.6. The number of imidazole rings is 1. The van der Waals surface area contributed by atoms with Gasteiger partial charge in [0.1, 0.15) is 5.82 Å². The lowest BCUT2D eigenvalue weighted by atomic mass is 10.1. The van der Waals surface area contributed by atoms with Gasteiger partial charge in [-0.05, 0) is 55.2 Å². The Morgan fingerprint density at radius 1 is 1.18 bits per heavy atom. The number of rotatable bonds is 11. The van der Waals surface area contributed by atoms with Crippen molar-refractivity contribution in [1.29, 1.82) is 0 Å². The fourth-order valence-corrected chi connectivity index (χ4v) is 3.92. The van der Waals surface area contributed by atoms with Crippen LogP contribution in [0.15, 0.2) is 41.4 Å². The number of nitrogens with zero attached hydrogens (tertiary/aromatic N) is 3. The zero-order chi connectivity index (χ0) is 24.7. The third-order valence-corrected chi connectivity index (χ3v) is 6.35. The summed E-state index contributed by atoms with van der Waals surface area (Å²) in [5.74, 6) is 1.81. The summed E-state index contributed by atoms with van der Waals surface area (Å²) >= 11 is 12.4. The number of amides is 1. The van der Waals surface area contributed by atoms with Crippen molar-refractivity contribution in [2.45, 2.75) is 53.0 Å². The number of carbonyl (C=O) groups is 1. The summed E-state index contributed by atoms with van der Waals surface area (Å²) in [4.78, 5) is 21.9. The first-order chi connectivity index (χ1) is 16.3. The normalized spacial score (nSPS) is 12.0. The van der Waals surface area contributed by atoms with Gasteiger partial charge in [-0.2, -0.15) is 0 Å². The van der Waals surface area contributed by atoms with E-state index in [0.29, 0.717) is 40.3 Å². The van der Waals surface area contributed by atoms with Gasteiger partial charge in [0, 0.05) is 37.2 Å². The number of hydrogen-bond donors (Lipinski definition) is 2. The van der Waals surface area contributed by atoms with E-state index in [2.05, 4.69) is 35.6 Å². The van der Waals surface area contributed by atoms with Gasteiger partial charge in [0.05, 0.1) is 26.9 Å². The quantitative estimate of drug-likeness (QED) is 0.237. The van der Waals surface area contributed by atoms with E-state index in [1.807, 2.05) is 30.3 Å². The van der Waals surface area contributed by atoms with E-state index < -0.39 is 0 Å². The summed E-state index contributed by atoms with van der Waals surface area (Å²) in [5, 5.41) is 3.92. The van der Waals surface area contributed by atoms with Crippen LogP contribution in [0, 0.1) is 5.92 Å². The van der Waals surface area contributed by atoms with Crippen LogP contribution in [-0.2, 0) is 6.54 Å². The molecule has 0 radical (unpaired) electrons.